The fourth-order valence-electron chi connectivity index (χ4n) is 2.39. The zero-order valence-corrected chi connectivity index (χ0v) is 12.2. The number of ether oxygens (including phenoxy) is 1. The highest BCUT2D eigenvalue weighted by atomic mass is 16.5. The van der Waals surface area contributed by atoms with Crippen LogP contribution in [0, 0.1) is 0 Å². The molecule has 3 heteroatoms. The molecule has 0 fully saturated rings. The van der Waals surface area contributed by atoms with Gasteiger partial charge < -0.3 is 10.1 Å². The van der Waals surface area contributed by atoms with E-state index < -0.39 is 0 Å². The van der Waals surface area contributed by atoms with E-state index in [1.54, 1.807) is 7.11 Å². The van der Waals surface area contributed by atoms with Gasteiger partial charge >= 0.3 is 0 Å². The summed E-state index contributed by atoms with van der Waals surface area (Å²) in [7, 11) is 1.69. The Labute approximate surface area is 115 Å². The number of hydrogen-bond acceptors (Lipinski definition) is 3. The van der Waals surface area contributed by atoms with Crippen LogP contribution in [-0.2, 0) is 0 Å². The molecule has 0 aliphatic carbocycles. The summed E-state index contributed by atoms with van der Waals surface area (Å²) in [6.07, 6.45) is 4.10. The first-order valence-electron chi connectivity index (χ1n) is 6.76. The van der Waals surface area contributed by atoms with Crippen LogP contribution < -0.4 is 10.1 Å². The van der Waals surface area contributed by atoms with Crippen molar-refractivity contribution in [2.45, 2.75) is 39.2 Å². The van der Waals surface area contributed by atoms with E-state index in [9.17, 15) is 0 Å². The number of aromatic nitrogens is 1. The van der Waals surface area contributed by atoms with Gasteiger partial charge in [-0.05, 0) is 49.9 Å². The van der Waals surface area contributed by atoms with Gasteiger partial charge in [0.25, 0.3) is 0 Å². The number of nitrogens with one attached hydrogen (secondary N) is 1. The molecule has 0 amide bonds. The highest BCUT2D eigenvalue weighted by Gasteiger charge is 2.17. The van der Waals surface area contributed by atoms with Crippen molar-refractivity contribution >= 4 is 16.6 Å². The van der Waals surface area contributed by atoms with Crippen molar-refractivity contribution in [1.29, 1.82) is 0 Å². The number of rotatable bonds is 5. The average Bonchev–Trinajstić information content (AvgIpc) is 2.38. The summed E-state index contributed by atoms with van der Waals surface area (Å²) in [5.74, 6) is 1.82. The van der Waals surface area contributed by atoms with E-state index in [1.165, 1.54) is 0 Å². The summed E-state index contributed by atoms with van der Waals surface area (Å²) >= 11 is 0. The summed E-state index contributed by atoms with van der Waals surface area (Å²) in [6, 6.07) is 8.08. The molecule has 2 aromatic rings. The SMILES string of the molecule is CCCC(C)(C)Nc1nccc2cc(OC)ccc12. The van der Waals surface area contributed by atoms with E-state index >= 15 is 0 Å². The van der Waals surface area contributed by atoms with Gasteiger partial charge in [-0.3, -0.25) is 0 Å². The van der Waals surface area contributed by atoms with E-state index in [0.717, 1.165) is 35.2 Å². The largest absolute Gasteiger partial charge is 0.497 e. The molecule has 0 radical (unpaired) electrons. The molecule has 1 aromatic heterocycles. The lowest BCUT2D eigenvalue weighted by Gasteiger charge is -2.27. The van der Waals surface area contributed by atoms with E-state index in [4.69, 9.17) is 4.74 Å². The van der Waals surface area contributed by atoms with Gasteiger partial charge in [0.2, 0.25) is 0 Å². The van der Waals surface area contributed by atoms with E-state index in [-0.39, 0.29) is 5.54 Å². The monoisotopic (exact) mass is 258 g/mol. The Bertz CT molecular complexity index is 564. The Morgan fingerprint density at radius 2 is 2.05 bits per heavy atom. The number of nitrogens with zero attached hydrogens (tertiary/aromatic N) is 1. The number of hydrogen-bond donors (Lipinski definition) is 1. The van der Waals surface area contributed by atoms with Gasteiger partial charge in [0, 0.05) is 17.1 Å². The Morgan fingerprint density at radius 3 is 2.74 bits per heavy atom. The van der Waals surface area contributed by atoms with Gasteiger partial charge in [0.1, 0.15) is 11.6 Å². The van der Waals surface area contributed by atoms with Gasteiger partial charge in [0.05, 0.1) is 7.11 Å². The van der Waals surface area contributed by atoms with Crippen molar-refractivity contribution in [3.05, 3.63) is 30.5 Å². The van der Waals surface area contributed by atoms with Crippen LogP contribution in [0.5, 0.6) is 5.75 Å². The first-order valence-corrected chi connectivity index (χ1v) is 6.76. The van der Waals surface area contributed by atoms with Gasteiger partial charge in [-0.15, -0.1) is 0 Å². The minimum absolute atomic E-state index is 0.0515. The van der Waals surface area contributed by atoms with Gasteiger partial charge in [-0.25, -0.2) is 4.98 Å². The van der Waals surface area contributed by atoms with Crippen molar-refractivity contribution in [2.24, 2.45) is 0 Å². The molecule has 1 N–H and O–H groups in total. The van der Waals surface area contributed by atoms with Gasteiger partial charge in [0.15, 0.2) is 0 Å². The van der Waals surface area contributed by atoms with Crippen LogP contribution in [0.3, 0.4) is 0 Å². The van der Waals surface area contributed by atoms with Crippen LogP contribution in [0.15, 0.2) is 30.5 Å². The summed E-state index contributed by atoms with van der Waals surface area (Å²) in [5.41, 5.74) is 0.0515. The average molecular weight is 258 g/mol. The van der Waals surface area contributed by atoms with Gasteiger partial charge in [-0.2, -0.15) is 0 Å². The molecule has 0 unspecified atom stereocenters. The molecular weight excluding hydrogens is 236 g/mol. The molecule has 0 aliphatic heterocycles. The fraction of sp³-hybridized carbons (Fsp3) is 0.438. The molecule has 0 atom stereocenters. The second-order valence-electron chi connectivity index (χ2n) is 5.51. The second kappa shape index (κ2) is 5.47. The van der Waals surface area contributed by atoms with Crippen LogP contribution in [0.2, 0.25) is 0 Å². The van der Waals surface area contributed by atoms with Crippen LogP contribution in [0.4, 0.5) is 5.82 Å². The fourth-order valence-corrected chi connectivity index (χ4v) is 2.39. The molecule has 3 nitrogen and oxygen atoms in total. The highest BCUT2D eigenvalue weighted by molar-refractivity contribution is 5.92. The Kier molecular flexibility index (Phi) is 3.93. The molecule has 2 rings (SSSR count). The maximum Gasteiger partial charge on any atom is 0.134 e. The maximum atomic E-state index is 5.26. The number of anilines is 1. The van der Waals surface area contributed by atoms with E-state index in [2.05, 4.69) is 37.1 Å². The molecule has 19 heavy (non-hydrogen) atoms. The molecule has 102 valence electrons. The molecular formula is C16H22N2O. The molecule has 1 aromatic carbocycles. The lowest BCUT2D eigenvalue weighted by atomic mass is 9.98. The topological polar surface area (TPSA) is 34.2 Å². The highest BCUT2D eigenvalue weighted by Crippen LogP contribution is 2.28. The van der Waals surface area contributed by atoms with Crippen molar-refractivity contribution in [3.63, 3.8) is 0 Å². The normalized spacial score (nSPS) is 11.6. The molecule has 0 spiro atoms. The number of benzene rings is 1. The number of pyridine rings is 1. The predicted molar refractivity (Wildman–Crippen MR) is 80.9 cm³/mol. The van der Waals surface area contributed by atoms with Crippen molar-refractivity contribution in [1.82, 2.24) is 4.98 Å². The lowest BCUT2D eigenvalue weighted by molar-refractivity contribution is 0.415. The zero-order valence-electron chi connectivity index (χ0n) is 12.2. The third-order valence-electron chi connectivity index (χ3n) is 3.30. The maximum absolute atomic E-state index is 5.26. The third-order valence-corrected chi connectivity index (χ3v) is 3.30. The molecule has 0 saturated heterocycles. The van der Waals surface area contributed by atoms with Crippen LogP contribution in [0.1, 0.15) is 33.6 Å². The summed E-state index contributed by atoms with van der Waals surface area (Å²) in [4.78, 5) is 4.48. The molecule has 0 bridgehead atoms. The van der Waals surface area contributed by atoms with Crippen LogP contribution in [-0.4, -0.2) is 17.6 Å². The smallest absolute Gasteiger partial charge is 0.134 e. The Balaban J connectivity index is 2.38. The quantitative estimate of drug-likeness (QED) is 0.871. The number of methoxy groups -OCH3 is 1. The first-order chi connectivity index (χ1) is 9.05. The minimum atomic E-state index is 0.0515. The van der Waals surface area contributed by atoms with Crippen LogP contribution >= 0.6 is 0 Å². The molecule has 1 heterocycles. The number of fused-ring (bicyclic) bond motifs is 1. The Hall–Kier alpha value is -1.77. The Morgan fingerprint density at radius 1 is 1.26 bits per heavy atom. The molecule has 0 aliphatic rings. The summed E-state index contributed by atoms with van der Waals surface area (Å²) < 4.78 is 5.26. The zero-order chi connectivity index (χ0) is 13.9. The minimum Gasteiger partial charge on any atom is -0.497 e. The van der Waals surface area contributed by atoms with E-state index in [0.29, 0.717) is 0 Å². The summed E-state index contributed by atoms with van der Waals surface area (Å²) in [5, 5.41) is 5.82. The van der Waals surface area contributed by atoms with E-state index in [1.807, 2.05) is 24.4 Å². The van der Waals surface area contributed by atoms with Gasteiger partial charge in [-0.1, -0.05) is 13.3 Å². The van der Waals surface area contributed by atoms with Crippen LogP contribution in [0.25, 0.3) is 10.8 Å². The first kappa shape index (κ1) is 13.7. The van der Waals surface area contributed by atoms with Crippen molar-refractivity contribution < 1.29 is 4.74 Å². The second-order valence-corrected chi connectivity index (χ2v) is 5.51. The predicted octanol–water partition coefficient (Wildman–Crippen LogP) is 4.23. The lowest BCUT2D eigenvalue weighted by Crippen LogP contribution is -2.31. The third kappa shape index (κ3) is 3.16. The standard InChI is InChI=1S/C16H22N2O/c1-5-9-16(2,3)18-15-14-7-6-13(19-4)11-12(14)8-10-17-15/h6-8,10-11H,5,9H2,1-4H3,(H,17,18). The van der Waals surface area contributed by atoms with Crippen molar-refractivity contribution in [2.75, 3.05) is 12.4 Å². The van der Waals surface area contributed by atoms with Crippen molar-refractivity contribution in [3.8, 4) is 5.75 Å². The molecule has 0 saturated carbocycles. The summed E-state index contributed by atoms with van der Waals surface area (Å²) in [6.45, 7) is 6.62.